The molecule has 0 fully saturated rings. The van der Waals surface area contributed by atoms with Crippen molar-refractivity contribution in [3.63, 3.8) is 0 Å². The Morgan fingerprint density at radius 1 is 0.286 bits per heavy atom. The fraction of sp³-hybridized carbons (Fsp3) is 0.0133. The van der Waals surface area contributed by atoms with Crippen LogP contribution in [0.2, 0.25) is 0 Å². The van der Waals surface area contributed by atoms with Gasteiger partial charge in [0.2, 0.25) is 0 Å². The molecule has 0 saturated heterocycles. The van der Waals surface area contributed by atoms with Crippen LogP contribution in [0.5, 0.6) is 0 Å². The zero-order valence-corrected chi connectivity index (χ0v) is 43.0. The van der Waals surface area contributed by atoms with Crippen LogP contribution in [0.1, 0.15) is 22.3 Å². The van der Waals surface area contributed by atoms with Gasteiger partial charge in [-0.25, -0.2) is 0 Å². The predicted molar refractivity (Wildman–Crippen MR) is 328 cm³/mol. The third-order valence-electron chi connectivity index (χ3n) is 16.2. The van der Waals surface area contributed by atoms with E-state index < -0.39 is 5.41 Å². The Labute approximate surface area is 452 Å². The molecule has 0 spiro atoms. The number of benzene rings is 13. The molecule has 0 bridgehead atoms. The summed E-state index contributed by atoms with van der Waals surface area (Å²) in [6.45, 7) is 0. The van der Waals surface area contributed by atoms with Gasteiger partial charge in [0, 0.05) is 37.1 Å². The molecule has 0 radical (unpaired) electrons. The normalized spacial score (nSPS) is 12.5. The van der Waals surface area contributed by atoms with Crippen molar-refractivity contribution in [1.29, 1.82) is 0 Å². The summed E-state index contributed by atoms with van der Waals surface area (Å²) < 4.78 is 2.55. The Morgan fingerprint density at radius 2 is 0.792 bits per heavy atom. The number of hydrogen-bond donors (Lipinski definition) is 0. The lowest BCUT2D eigenvalue weighted by Gasteiger charge is -2.34. The van der Waals surface area contributed by atoms with Gasteiger partial charge in [0.05, 0.1) is 11.1 Å². The van der Waals surface area contributed by atoms with Gasteiger partial charge in [-0.15, -0.1) is 11.3 Å². The summed E-state index contributed by atoms with van der Waals surface area (Å²) in [4.78, 5) is 2.49. The van der Waals surface area contributed by atoms with E-state index >= 15 is 0 Å². The molecule has 0 atom stereocenters. The molecule has 77 heavy (non-hydrogen) atoms. The third-order valence-corrected chi connectivity index (χ3v) is 17.4. The SMILES string of the molecule is c1ccc(C2(c3ccccc3)c3ccccc3-c3ccc(-c4cccc(N(c5ccc(-c6ccc(-c7cccc8ccccc78)cc6)cc5)c5ccc(-c6cccc7ccccc67)c6sc7ccccc7c56)c4)cc32)cc1. The minimum atomic E-state index is -0.496. The molecule has 1 nitrogen and oxygen atoms in total. The van der Waals surface area contributed by atoms with Gasteiger partial charge in [0.1, 0.15) is 0 Å². The highest BCUT2D eigenvalue weighted by Crippen LogP contribution is 2.57. The van der Waals surface area contributed by atoms with Crippen molar-refractivity contribution >= 4 is 70.1 Å². The topological polar surface area (TPSA) is 3.24 Å². The lowest BCUT2D eigenvalue weighted by molar-refractivity contribution is 0.769. The van der Waals surface area contributed by atoms with E-state index in [0.29, 0.717) is 0 Å². The van der Waals surface area contributed by atoms with Crippen LogP contribution in [-0.4, -0.2) is 0 Å². The second-order valence-corrected chi connectivity index (χ2v) is 21.3. The molecule has 1 aliphatic carbocycles. The fourth-order valence-electron chi connectivity index (χ4n) is 12.7. The maximum Gasteiger partial charge on any atom is 0.0713 e. The first kappa shape index (κ1) is 44.8. The zero-order chi connectivity index (χ0) is 50.9. The summed E-state index contributed by atoms with van der Waals surface area (Å²) in [7, 11) is 0. The Hall–Kier alpha value is -9.60. The second kappa shape index (κ2) is 18.4. The molecule has 1 heterocycles. The highest BCUT2D eigenvalue weighted by atomic mass is 32.1. The number of rotatable bonds is 9. The van der Waals surface area contributed by atoms with Gasteiger partial charge in [-0.2, -0.15) is 0 Å². The molecule has 1 aliphatic rings. The summed E-state index contributed by atoms with van der Waals surface area (Å²) in [6.07, 6.45) is 0. The van der Waals surface area contributed by atoms with Crippen molar-refractivity contribution in [3.8, 4) is 55.6 Å². The Kier molecular flexibility index (Phi) is 10.7. The van der Waals surface area contributed by atoms with Crippen LogP contribution in [0.3, 0.4) is 0 Å². The first-order valence-corrected chi connectivity index (χ1v) is 27.4. The molecule has 2 heteroatoms. The van der Waals surface area contributed by atoms with Crippen LogP contribution >= 0.6 is 11.3 Å². The van der Waals surface area contributed by atoms with Crippen molar-refractivity contribution in [2.24, 2.45) is 0 Å². The second-order valence-electron chi connectivity index (χ2n) is 20.3. The molecule has 0 saturated carbocycles. The van der Waals surface area contributed by atoms with E-state index in [0.717, 1.165) is 22.6 Å². The van der Waals surface area contributed by atoms with E-state index in [-0.39, 0.29) is 0 Å². The molecule has 0 amide bonds. The molecule has 0 aliphatic heterocycles. The van der Waals surface area contributed by atoms with Gasteiger partial charge < -0.3 is 4.90 Å². The molecule has 0 unspecified atom stereocenters. The largest absolute Gasteiger partial charge is 0.310 e. The first-order chi connectivity index (χ1) is 38.2. The Bertz CT molecular complexity index is 4500. The lowest BCUT2D eigenvalue weighted by Crippen LogP contribution is -2.28. The summed E-state index contributed by atoms with van der Waals surface area (Å²) in [5.41, 5.74) is 20.1. The standard InChI is InChI=1S/C75H49NS/c1-3-23-57(24-4-1)75(58-25-5-2-6-26-58)69-34-13-11-30-65(69)66-45-42-56(49-70(66)75)55-22-15-27-60(48-55)76(59-43-40-51(41-44-59)50-36-38-54(39-37-50)62-32-16-20-52-18-7-9-28-61(52)62)71-47-46-67(64-33-17-21-53-19-8-10-29-63(53)64)74-73(71)68-31-12-14-35-72(68)77-74/h1-49H. The van der Waals surface area contributed by atoms with Crippen LogP contribution < -0.4 is 4.90 Å². The van der Waals surface area contributed by atoms with Gasteiger partial charge in [-0.05, 0) is 136 Å². The quantitative estimate of drug-likeness (QED) is 0.139. The van der Waals surface area contributed by atoms with Crippen LogP contribution in [0.15, 0.2) is 297 Å². The van der Waals surface area contributed by atoms with E-state index in [1.807, 2.05) is 11.3 Å². The monoisotopic (exact) mass is 995 g/mol. The molecular formula is C75H49NS. The van der Waals surface area contributed by atoms with E-state index in [2.05, 4.69) is 302 Å². The summed E-state index contributed by atoms with van der Waals surface area (Å²) in [5, 5.41) is 7.52. The minimum Gasteiger partial charge on any atom is -0.310 e. The maximum atomic E-state index is 2.49. The van der Waals surface area contributed by atoms with Gasteiger partial charge >= 0.3 is 0 Å². The smallest absolute Gasteiger partial charge is 0.0713 e. The minimum absolute atomic E-state index is 0.496. The van der Waals surface area contributed by atoms with E-state index in [9.17, 15) is 0 Å². The van der Waals surface area contributed by atoms with Gasteiger partial charge in [-0.3, -0.25) is 0 Å². The average molecular weight is 996 g/mol. The predicted octanol–water partition coefficient (Wildman–Crippen LogP) is 20.9. The van der Waals surface area contributed by atoms with Crippen LogP contribution in [-0.2, 0) is 5.41 Å². The maximum absolute atomic E-state index is 2.49. The molecule has 14 aromatic rings. The van der Waals surface area contributed by atoms with Gasteiger partial charge in [-0.1, -0.05) is 255 Å². The lowest BCUT2D eigenvalue weighted by atomic mass is 9.67. The highest BCUT2D eigenvalue weighted by Gasteiger charge is 2.46. The summed E-state index contributed by atoms with van der Waals surface area (Å²) in [5.74, 6) is 0. The van der Waals surface area contributed by atoms with E-state index in [1.165, 1.54) is 114 Å². The van der Waals surface area contributed by atoms with Crippen molar-refractivity contribution in [3.05, 3.63) is 320 Å². The molecule has 15 rings (SSSR count). The number of hydrogen-bond acceptors (Lipinski definition) is 2. The highest BCUT2D eigenvalue weighted by molar-refractivity contribution is 7.26. The van der Waals surface area contributed by atoms with Crippen LogP contribution in [0.4, 0.5) is 17.1 Å². The van der Waals surface area contributed by atoms with Crippen LogP contribution in [0, 0.1) is 0 Å². The molecule has 0 N–H and O–H groups in total. The third kappa shape index (κ3) is 7.29. The molecular weight excluding hydrogens is 947 g/mol. The Morgan fingerprint density at radius 3 is 1.52 bits per heavy atom. The Balaban J connectivity index is 0.903. The summed E-state index contributed by atoms with van der Waals surface area (Å²) >= 11 is 1.89. The van der Waals surface area contributed by atoms with E-state index in [4.69, 9.17) is 0 Å². The number of anilines is 3. The summed E-state index contributed by atoms with van der Waals surface area (Å²) in [6, 6.07) is 110. The molecule has 1 aromatic heterocycles. The van der Waals surface area contributed by atoms with E-state index in [1.54, 1.807) is 0 Å². The van der Waals surface area contributed by atoms with Gasteiger partial charge in [0.25, 0.3) is 0 Å². The number of thiophene rings is 1. The van der Waals surface area contributed by atoms with Gasteiger partial charge in [0.15, 0.2) is 0 Å². The van der Waals surface area contributed by atoms with Crippen molar-refractivity contribution < 1.29 is 0 Å². The van der Waals surface area contributed by atoms with Crippen molar-refractivity contribution in [2.75, 3.05) is 4.90 Å². The molecule has 360 valence electrons. The van der Waals surface area contributed by atoms with Crippen molar-refractivity contribution in [1.82, 2.24) is 0 Å². The molecule has 13 aromatic carbocycles. The first-order valence-electron chi connectivity index (χ1n) is 26.6. The zero-order valence-electron chi connectivity index (χ0n) is 42.1. The fourth-order valence-corrected chi connectivity index (χ4v) is 13.9. The van der Waals surface area contributed by atoms with Crippen LogP contribution in [0.25, 0.3) is 97.4 Å². The van der Waals surface area contributed by atoms with Crippen molar-refractivity contribution in [2.45, 2.75) is 5.41 Å². The number of nitrogens with zero attached hydrogens (tertiary/aromatic N) is 1. The number of fused-ring (bicyclic) bond motifs is 8. The average Bonchev–Trinajstić information content (AvgIpc) is 4.18.